The number of carbonyl (C=O) groups excluding carboxylic acids is 1. The summed E-state index contributed by atoms with van der Waals surface area (Å²) < 4.78 is 10.5. The summed E-state index contributed by atoms with van der Waals surface area (Å²) in [5.41, 5.74) is 2.26. The Labute approximate surface area is 167 Å². The molecule has 1 saturated heterocycles. The number of carbonyl (C=O) groups is 1. The highest BCUT2D eigenvalue weighted by molar-refractivity contribution is 5.76. The minimum Gasteiger partial charge on any atom is -0.493 e. The average Bonchev–Trinajstić information content (AvgIpc) is 2.77. The van der Waals surface area contributed by atoms with Gasteiger partial charge in [-0.3, -0.25) is 9.69 Å². The summed E-state index contributed by atoms with van der Waals surface area (Å²) in [6.07, 6.45) is 0.513. The predicted octanol–water partition coefficient (Wildman–Crippen LogP) is 2.53. The van der Waals surface area contributed by atoms with Crippen LogP contribution in [0.1, 0.15) is 12.0 Å². The maximum atomic E-state index is 12.2. The van der Waals surface area contributed by atoms with E-state index < -0.39 is 0 Å². The summed E-state index contributed by atoms with van der Waals surface area (Å²) in [6.45, 7) is 5.24. The second kappa shape index (κ2) is 9.99. The van der Waals surface area contributed by atoms with Gasteiger partial charge in [0.05, 0.1) is 14.2 Å². The number of hydrogen-bond acceptors (Lipinski definition) is 5. The molecule has 28 heavy (non-hydrogen) atoms. The van der Waals surface area contributed by atoms with Crippen molar-refractivity contribution < 1.29 is 14.3 Å². The van der Waals surface area contributed by atoms with Crippen molar-refractivity contribution in [1.82, 2.24) is 10.2 Å². The van der Waals surface area contributed by atoms with Crippen LogP contribution in [-0.4, -0.2) is 57.8 Å². The molecule has 0 spiro atoms. The van der Waals surface area contributed by atoms with Gasteiger partial charge < -0.3 is 19.7 Å². The molecule has 0 atom stereocenters. The van der Waals surface area contributed by atoms with E-state index in [9.17, 15) is 4.79 Å². The lowest BCUT2D eigenvalue weighted by molar-refractivity contribution is -0.121. The molecule has 3 rings (SSSR count). The van der Waals surface area contributed by atoms with Crippen molar-refractivity contribution in [2.24, 2.45) is 0 Å². The summed E-state index contributed by atoms with van der Waals surface area (Å²) in [5, 5.41) is 2.99. The van der Waals surface area contributed by atoms with Gasteiger partial charge in [0.2, 0.25) is 5.91 Å². The molecule has 0 bridgehead atoms. The van der Waals surface area contributed by atoms with Crippen LogP contribution in [0, 0.1) is 0 Å². The Morgan fingerprint density at radius 3 is 2.36 bits per heavy atom. The number of nitrogens with one attached hydrogen (secondary N) is 1. The number of rotatable bonds is 8. The molecule has 0 aromatic heterocycles. The second-order valence-electron chi connectivity index (χ2n) is 6.88. The van der Waals surface area contributed by atoms with E-state index in [-0.39, 0.29) is 5.91 Å². The van der Waals surface area contributed by atoms with E-state index in [1.165, 1.54) is 5.69 Å². The Morgan fingerprint density at radius 1 is 0.964 bits per heavy atom. The zero-order valence-corrected chi connectivity index (χ0v) is 16.7. The van der Waals surface area contributed by atoms with Crippen molar-refractivity contribution in [2.45, 2.75) is 13.0 Å². The third-order valence-corrected chi connectivity index (χ3v) is 5.09. The van der Waals surface area contributed by atoms with Crippen molar-refractivity contribution >= 4 is 11.6 Å². The van der Waals surface area contributed by atoms with Crippen molar-refractivity contribution in [1.29, 1.82) is 0 Å². The van der Waals surface area contributed by atoms with Gasteiger partial charge in [0.25, 0.3) is 0 Å². The van der Waals surface area contributed by atoms with Crippen LogP contribution in [0.25, 0.3) is 0 Å². The zero-order valence-electron chi connectivity index (χ0n) is 16.7. The van der Waals surface area contributed by atoms with Crippen LogP contribution in [0.2, 0.25) is 0 Å². The third kappa shape index (κ3) is 5.39. The van der Waals surface area contributed by atoms with Crippen LogP contribution in [0.15, 0.2) is 48.5 Å². The lowest BCUT2D eigenvalue weighted by Crippen LogP contribution is -2.47. The summed E-state index contributed by atoms with van der Waals surface area (Å²) in [4.78, 5) is 17.0. The number of amides is 1. The second-order valence-corrected chi connectivity index (χ2v) is 6.88. The molecular formula is C22H29N3O3. The fourth-order valence-electron chi connectivity index (χ4n) is 3.41. The van der Waals surface area contributed by atoms with E-state index >= 15 is 0 Å². The van der Waals surface area contributed by atoms with Crippen LogP contribution >= 0.6 is 0 Å². The molecule has 6 nitrogen and oxygen atoms in total. The van der Waals surface area contributed by atoms with E-state index in [0.29, 0.717) is 24.5 Å². The average molecular weight is 383 g/mol. The number of piperazine rings is 1. The zero-order chi connectivity index (χ0) is 19.8. The fraction of sp³-hybridized carbons (Fsp3) is 0.409. The first-order chi connectivity index (χ1) is 13.7. The molecule has 0 aliphatic carbocycles. The third-order valence-electron chi connectivity index (χ3n) is 5.09. The van der Waals surface area contributed by atoms with Crippen molar-refractivity contribution in [3.8, 4) is 11.5 Å². The van der Waals surface area contributed by atoms with Gasteiger partial charge >= 0.3 is 0 Å². The predicted molar refractivity (Wildman–Crippen MR) is 111 cm³/mol. The van der Waals surface area contributed by atoms with Crippen LogP contribution in [0.5, 0.6) is 11.5 Å². The van der Waals surface area contributed by atoms with E-state index in [0.717, 1.165) is 38.3 Å². The number of ether oxygens (including phenoxy) is 2. The lowest BCUT2D eigenvalue weighted by Gasteiger charge is -2.36. The molecule has 2 aromatic rings. The monoisotopic (exact) mass is 383 g/mol. The molecule has 1 aliphatic rings. The van der Waals surface area contributed by atoms with Crippen molar-refractivity contribution in [2.75, 3.05) is 51.8 Å². The van der Waals surface area contributed by atoms with Crippen LogP contribution in [0.4, 0.5) is 5.69 Å². The smallest absolute Gasteiger partial charge is 0.221 e. The van der Waals surface area contributed by atoms with Gasteiger partial charge in [-0.25, -0.2) is 0 Å². The maximum Gasteiger partial charge on any atom is 0.221 e. The minimum absolute atomic E-state index is 0.0697. The molecular weight excluding hydrogens is 354 g/mol. The number of methoxy groups -OCH3 is 2. The van der Waals surface area contributed by atoms with Crippen LogP contribution in [-0.2, 0) is 11.3 Å². The van der Waals surface area contributed by atoms with Gasteiger partial charge in [-0.2, -0.15) is 0 Å². The highest BCUT2D eigenvalue weighted by Gasteiger charge is 2.17. The molecule has 1 aliphatic heterocycles. The Balaban J connectivity index is 1.38. The minimum atomic E-state index is 0.0697. The number of nitrogens with zero attached hydrogens (tertiary/aromatic N) is 2. The van der Waals surface area contributed by atoms with Crippen molar-refractivity contribution in [3.63, 3.8) is 0 Å². The summed E-state index contributed by atoms with van der Waals surface area (Å²) >= 11 is 0. The Bertz CT molecular complexity index is 759. The van der Waals surface area contributed by atoms with Gasteiger partial charge in [-0.05, 0) is 29.8 Å². The molecule has 0 radical (unpaired) electrons. The van der Waals surface area contributed by atoms with Gasteiger partial charge in [0, 0.05) is 51.4 Å². The molecule has 150 valence electrons. The lowest BCUT2D eigenvalue weighted by atomic mass is 10.2. The highest BCUT2D eigenvalue weighted by Crippen LogP contribution is 2.27. The number of hydrogen-bond donors (Lipinski definition) is 1. The normalized spacial score (nSPS) is 14.6. The van der Waals surface area contributed by atoms with E-state index in [1.807, 2.05) is 24.3 Å². The summed E-state index contributed by atoms with van der Waals surface area (Å²) in [5.74, 6) is 1.43. The topological polar surface area (TPSA) is 54.0 Å². The van der Waals surface area contributed by atoms with E-state index in [2.05, 4.69) is 39.4 Å². The largest absolute Gasteiger partial charge is 0.493 e. The number of benzene rings is 2. The summed E-state index contributed by atoms with van der Waals surface area (Å²) in [7, 11) is 3.22. The quantitative estimate of drug-likeness (QED) is 0.759. The Hall–Kier alpha value is -2.73. The summed E-state index contributed by atoms with van der Waals surface area (Å²) in [6, 6.07) is 16.2. The number of anilines is 1. The SMILES string of the molecule is COc1ccc(CNC(=O)CCN2CCN(c3ccccc3)CC2)cc1OC. The van der Waals surface area contributed by atoms with Gasteiger partial charge in [0.1, 0.15) is 0 Å². The molecule has 1 fully saturated rings. The molecule has 2 aromatic carbocycles. The molecule has 6 heteroatoms. The van der Waals surface area contributed by atoms with Crippen LogP contribution in [0.3, 0.4) is 0 Å². The Morgan fingerprint density at radius 2 is 1.68 bits per heavy atom. The molecule has 1 heterocycles. The van der Waals surface area contributed by atoms with Crippen molar-refractivity contribution in [3.05, 3.63) is 54.1 Å². The fourth-order valence-corrected chi connectivity index (χ4v) is 3.41. The highest BCUT2D eigenvalue weighted by atomic mass is 16.5. The van der Waals surface area contributed by atoms with Gasteiger partial charge in [0.15, 0.2) is 11.5 Å². The first kappa shape index (κ1) is 20.0. The standard InChI is InChI=1S/C22H29N3O3/c1-27-20-9-8-18(16-21(20)28-2)17-23-22(26)10-11-24-12-14-25(15-13-24)19-6-4-3-5-7-19/h3-9,16H,10-15,17H2,1-2H3,(H,23,26). The maximum absolute atomic E-state index is 12.2. The Kier molecular flexibility index (Phi) is 7.14. The first-order valence-electron chi connectivity index (χ1n) is 9.69. The number of para-hydroxylation sites is 1. The molecule has 1 amide bonds. The molecule has 1 N–H and O–H groups in total. The van der Waals surface area contributed by atoms with Crippen LogP contribution < -0.4 is 19.7 Å². The first-order valence-corrected chi connectivity index (χ1v) is 9.69. The van der Waals surface area contributed by atoms with Gasteiger partial charge in [-0.1, -0.05) is 24.3 Å². The van der Waals surface area contributed by atoms with E-state index in [1.54, 1.807) is 14.2 Å². The molecule has 0 unspecified atom stereocenters. The van der Waals surface area contributed by atoms with Gasteiger partial charge in [-0.15, -0.1) is 0 Å². The molecule has 0 saturated carbocycles. The van der Waals surface area contributed by atoms with E-state index in [4.69, 9.17) is 9.47 Å².